The Morgan fingerprint density at radius 1 is 1.15 bits per heavy atom. The number of aromatic amines is 1. The number of amides is 1. The molecule has 0 saturated carbocycles. The molecule has 2 N–H and O–H groups in total. The minimum Gasteiger partial charge on any atom is -0.361 e. The van der Waals surface area contributed by atoms with Gasteiger partial charge in [-0.1, -0.05) is 15.9 Å². The maximum Gasteiger partial charge on any atom is 0.255 e. The fraction of sp³-hybridized carbons (Fsp3) is 0.0625. The molecular weight excluding hydrogens is 316 g/mol. The monoisotopic (exact) mass is 328 g/mol. The highest BCUT2D eigenvalue weighted by Crippen LogP contribution is 2.20. The Balaban J connectivity index is 1.85. The average molecular weight is 329 g/mol. The van der Waals surface area contributed by atoms with Crippen molar-refractivity contribution in [1.29, 1.82) is 0 Å². The Morgan fingerprint density at radius 2 is 2.00 bits per heavy atom. The van der Waals surface area contributed by atoms with Crippen molar-refractivity contribution in [1.82, 2.24) is 4.98 Å². The number of nitrogens with one attached hydrogen (secondary N) is 2. The standard InChI is InChI=1S/C16H13BrN2O/c1-10-8-12(2-4-14(10)17)16(20)19-13-3-5-15-11(9-13)6-7-18-15/h2-9,18H,1H3,(H,19,20). The van der Waals surface area contributed by atoms with Gasteiger partial charge in [0.15, 0.2) is 0 Å². The van der Waals surface area contributed by atoms with Crippen molar-refractivity contribution in [2.45, 2.75) is 6.92 Å². The molecule has 0 aliphatic carbocycles. The lowest BCUT2D eigenvalue weighted by atomic mass is 10.1. The lowest BCUT2D eigenvalue weighted by molar-refractivity contribution is 0.102. The quantitative estimate of drug-likeness (QED) is 0.715. The van der Waals surface area contributed by atoms with Gasteiger partial charge in [0.05, 0.1) is 0 Å². The Labute approximate surface area is 125 Å². The predicted molar refractivity (Wildman–Crippen MR) is 85.1 cm³/mol. The number of rotatable bonds is 2. The smallest absolute Gasteiger partial charge is 0.255 e. The summed E-state index contributed by atoms with van der Waals surface area (Å²) in [6.07, 6.45) is 1.88. The number of carbonyl (C=O) groups is 1. The van der Waals surface area contributed by atoms with Gasteiger partial charge in [-0.2, -0.15) is 0 Å². The molecule has 0 unspecified atom stereocenters. The summed E-state index contributed by atoms with van der Waals surface area (Å²) < 4.78 is 1.00. The summed E-state index contributed by atoms with van der Waals surface area (Å²) in [7, 11) is 0. The van der Waals surface area contributed by atoms with Crippen LogP contribution in [-0.2, 0) is 0 Å². The van der Waals surface area contributed by atoms with Crippen molar-refractivity contribution < 1.29 is 4.79 Å². The van der Waals surface area contributed by atoms with Gasteiger partial charge in [-0.3, -0.25) is 4.79 Å². The second-order valence-corrected chi connectivity index (χ2v) is 5.55. The lowest BCUT2D eigenvalue weighted by Crippen LogP contribution is -2.11. The number of carbonyl (C=O) groups excluding carboxylic acids is 1. The molecule has 0 bridgehead atoms. The molecule has 2 aromatic carbocycles. The van der Waals surface area contributed by atoms with Gasteiger partial charge < -0.3 is 10.3 Å². The molecule has 0 spiro atoms. The second-order valence-electron chi connectivity index (χ2n) is 4.70. The van der Waals surface area contributed by atoms with Crippen molar-refractivity contribution in [2.24, 2.45) is 0 Å². The van der Waals surface area contributed by atoms with Crippen LogP contribution in [-0.4, -0.2) is 10.9 Å². The molecule has 100 valence electrons. The molecule has 3 aromatic rings. The number of aryl methyl sites for hydroxylation is 1. The molecule has 1 heterocycles. The summed E-state index contributed by atoms with van der Waals surface area (Å²) in [6, 6.07) is 13.3. The van der Waals surface area contributed by atoms with Crippen LogP contribution in [0.3, 0.4) is 0 Å². The molecule has 3 nitrogen and oxygen atoms in total. The van der Waals surface area contributed by atoms with Crippen molar-refractivity contribution in [3.63, 3.8) is 0 Å². The second kappa shape index (κ2) is 5.13. The maximum atomic E-state index is 12.2. The summed E-state index contributed by atoms with van der Waals surface area (Å²) in [5, 5.41) is 4.00. The third-order valence-electron chi connectivity index (χ3n) is 3.23. The van der Waals surface area contributed by atoms with E-state index in [4.69, 9.17) is 0 Å². The van der Waals surface area contributed by atoms with Crippen molar-refractivity contribution in [3.05, 3.63) is 64.3 Å². The van der Waals surface area contributed by atoms with Crippen LogP contribution in [0.2, 0.25) is 0 Å². The first-order chi connectivity index (χ1) is 9.63. The molecular formula is C16H13BrN2O. The highest BCUT2D eigenvalue weighted by Gasteiger charge is 2.08. The molecule has 1 amide bonds. The number of anilines is 1. The summed E-state index contributed by atoms with van der Waals surface area (Å²) in [5.74, 6) is -0.101. The highest BCUT2D eigenvalue weighted by atomic mass is 79.9. The number of H-pyrrole nitrogens is 1. The van der Waals surface area contributed by atoms with Crippen LogP contribution >= 0.6 is 15.9 Å². The molecule has 20 heavy (non-hydrogen) atoms. The molecule has 0 atom stereocenters. The Hall–Kier alpha value is -2.07. The van der Waals surface area contributed by atoms with Crippen LogP contribution < -0.4 is 5.32 Å². The molecule has 4 heteroatoms. The summed E-state index contributed by atoms with van der Waals surface area (Å²) in [5.41, 5.74) is 3.55. The van der Waals surface area contributed by atoms with Gasteiger partial charge >= 0.3 is 0 Å². The number of hydrogen-bond acceptors (Lipinski definition) is 1. The van der Waals surface area contributed by atoms with Gasteiger partial charge in [-0.05, 0) is 55.0 Å². The maximum absolute atomic E-state index is 12.2. The Bertz CT molecular complexity index is 792. The fourth-order valence-corrected chi connectivity index (χ4v) is 2.37. The predicted octanol–water partition coefficient (Wildman–Crippen LogP) is 4.49. The number of benzene rings is 2. The molecule has 1 aromatic heterocycles. The van der Waals surface area contributed by atoms with Gasteiger partial charge in [-0.15, -0.1) is 0 Å². The zero-order valence-electron chi connectivity index (χ0n) is 10.9. The van der Waals surface area contributed by atoms with E-state index in [1.807, 2.05) is 49.5 Å². The van der Waals surface area contributed by atoms with Crippen molar-refractivity contribution >= 4 is 38.4 Å². The first-order valence-corrected chi connectivity index (χ1v) is 7.07. The van der Waals surface area contributed by atoms with Crippen LogP contribution in [0.5, 0.6) is 0 Å². The van der Waals surface area contributed by atoms with Gasteiger partial charge in [-0.25, -0.2) is 0 Å². The first kappa shape index (κ1) is 12.9. The Kier molecular flexibility index (Phi) is 3.32. The molecule has 0 aliphatic heterocycles. The van der Waals surface area contributed by atoms with Crippen LogP contribution in [0.4, 0.5) is 5.69 Å². The normalized spacial score (nSPS) is 10.7. The minimum atomic E-state index is -0.101. The zero-order chi connectivity index (χ0) is 14.1. The van der Waals surface area contributed by atoms with Crippen LogP contribution in [0.25, 0.3) is 10.9 Å². The topological polar surface area (TPSA) is 44.9 Å². The summed E-state index contributed by atoms with van der Waals surface area (Å²) in [6.45, 7) is 1.97. The fourth-order valence-electron chi connectivity index (χ4n) is 2.12. The minimum absolute atomic E-state index is 0.101. The van der Waals surface area contributed by atoms with E-state index in [0.717, 1.165) is 26.6 Å². The van der Waals surface area contributed by atoms with Gasteiger partial charge in [0.1, 0.15) is 0 Å². The van der Waals surface area contributed by atoms with E-state index in [-0.39, 0.29) is 5.91 Å². The largest absolute Gasteiger partial charge is 0.361 e. The van der Waals surface area contributed by atoms with Crippen LogP contribution in [0.1, 0.15) is 15.9 Å². The molecule has 3 rings (SSSR count). The van der Waals surface area contributed by atoms with E-state index in [1.54, 1.807) is 6.07 Å². The van der Waals surface area contributed by atoms with Gasteiger partial charge in [0.2, 0.25) is 0 Å². The number of fused-ring (bicyclic) bond motifs is 1. The summed E-state index contributed by atoms with van der Waals surface area (Å²) >= 11 is 3.43. The van der Waals surface area contributed by atoms with Crippen molar-refractivity contribution in [3.8, 4) is 0 Å². The molecule has 0 saturated heterocycles. The van der Waals surface area contributed by atoms with Crippen molar-refractivity contribution in [2.75, 3.05) is 5.32 Å². The average Bonchev–Trinajstić information content (AvgIpc) is 2.89. The highest BCUT2D eigenvalue weighted by molar-refractivity contribution is 9.10. The van der Waals surface area contributed by atoms with Gasteiger partial charge in [0, 0.05) is 32.8 Å². The van der Waals surface area contributed by atoms with E-state index in [0.29, 0.717) is 5.56 Å². The van der Waals surface area contributed by atoms with E-state index < -0.39 is 0 Å². The van der Waals surface area contributed by atoms with Crippen LogP contribution in [0, 0.1) is 6.92 Å². The van der Waals surface area contributed by atoms with E-state index in [1.165, 1.54) is 0 Å². The zero-order valence-corrected chi connectivity index (χ0v) is 12.5. The first-order valence-electron chi connectivity index (χ1n) is 6.28. The Morgan fingerprint density at radius 3 is 2.80 bits per heavy atom. The number of hydrogen-bond donors (Lipinski definition) is 2. The van der Waals surface area contributed by atoms with Crippen LogP contribution in [0.15, 0.2) is 53.1 Å². The SMILES string of the molecule is Cc1cc(C(=O)Nc2ccc3[nH]ccc3c2)ccc1Br. The third-order valence-corrected chi connectivity index (χ3v) is 4.12. The molecule has 0 fully saturated rings. The van der Waals surface area contributed by atoms with E-state index in [2.05, 4.69) is 26.2 Å². The third kappa shape index (κ3) is 2.47. The molecule has 0 radical (unpaired) electrons. The molecule has 0 aliphatic rings. The summed E-state index contributed by atoms with van der Waals surface area (Å²) in [4.78, 5) is 15.3. The van der Waals surface area contributed by atoms with E-state index in [9.17, 15) is 4.79 Å². The number of aromatic nitrogens is 1. The van der Waals surface area contributed by atoms with Gasteiger partial charge in [0.25, 0.3) is 5.91 Å². The van der Waals surface area contributed by atoms with E-state index >= 15 is 0 Å². The number of halogens is 1. The lowest BCUT2D eigenvalue weighted by Gasteiger charge is -2.07.